The third kappa shape index (κ3) is 3.09. The largest absolute Gasteiger partial charge is 0.310 e. The lowest BCUT2D eigenvalue weighted by atomic mass is 10.2. The number of likely N-dealkylation sites (tertiary alicyclic amines) is 1. The number of nitrogens with one attached hydrogen (secondary N) is 1. The minimum absolute atomic E-state index is 0.0234. The van der Waals surface area contributed by atoms with Crippen molar-refractivity contribution in [3.63, 3.8) is 0 Å². The first-order valence-electron chi connectivity index (χ1n) is 5.57. The van der Waals surface area contributed by atoms with Crippen molar-refractivity contribution in [1.82, 2.24) is 15.1 Å². The molecule has 0 aromatic rings. The molecule has 0 aromatic heterocycles. The number of rotatable bonds is 2. The Hall–Kier alpha value is -0.260. The minimum Gasteiger partial charge on any atom is -0.310 e. The monoisotopic (exact) mass is 219 g/mol. The van der Waals surface area contributed by atoms with Gasteiger partial charge in [0.2, 0.25) is 0 Å². The molecule has 2 saturated heterocycles. The van der Waals surface area contributed by atoms with E-state index in [1.807, 2.05) is 4.90 Å². The molecule has 0 spiro atoms. The lowest BCUT2D eigenvalue weighted by Gasteiger charge is -2.33. The third-order valence-corrected chi connectivity index (χ3v) is 3.19. The predicted molar refractivity (Wildman–Crippen MR) is 55.3 cm³/mol. The molecule has 0 bridgehead atoms. The smallest absolute Gasteiger partial charge is 0.261 e. The molecular weight excluding hydrogens is 200 g/mol. The Kier molecular flexibility index (Phi) is 3.23. The number of piperazine rings is 1. The van der Waals surface area contributed by atoms with Crippen molar-refractivity contribution in [1.29, 1.82) is 0 Å². The normalized spacial score (nSPS) is 33.4. The van der Waals surface area contributed by atoms with E-state index in [-0.39, 0.29) is 13.0 Å². The maximum atomic E-state index is 13.0. The zero-order valence-electron chi connectivity index (χ0n) is 9.18. The Morgan fingerprint density at radius 1 is 1.40 bits per heavy atom. The van der Waals surface area contributed by atoms with Crippen LogP contribution < -0.4 is 5.32 Å². The lowest BCUT2D eigenvalue weighted by Crippen LogP contribution is -2.53. The summed E-state index contributed by atoms with van der Waals surface area (Å²) in [4.78, 5) is 4.12. The zero-order valence-corrected chi connectivity index (χ0v) is 9.18. The molecule has 2 heterocycles. The fourth-order valence-corrected chi connectivity index (χ4v) is 2.39. The number of likely N-dealkylation sites (N-methyl/N-ethyl adjacent to an activating group) is 1. The van der Waals surface area contributed by atoms with Crippen molar-refractivity contribution in [2.24, 2.45) is 0 Å². The van der Waals surface area contributed by atoms with Crippen molar-refractivity contribution >= 4 is 0 Å². The van der Waals surface area contributed by atoms with Crippen LogP contribution in [0.15, 0.2) is 0 Å². The van der Waals surface area contributed by atoms with E-state index in [0.29, 0.717) is 12.6 Å². The van der Waals surface area contributed by atoms with Gasteiger partial charge in [-0.1, -0.05) is 0 Å². The average molecular weight is 219 g/mol. The Morgan fingerprint density at radius 2 is 2.20 bits per heavy atom. The second kappa shape index (κ2) is 4.31. The number of halogens is 2. The Morgan fingerprint density at radius 3 is 2.80 bits per heavy atom. The van der Waals surface area contributed by atoms with Crippen molar-refractivity contribution in [2.75, 3.05) is 46.3 Å². The van der Waals surface area contributed by atoms with E-state index in [1.165, 1.54) is 0 Å². The molecule has 1 atom stereocenters. The second-order valence-electron chi connectivity index (χ2n) is 4.75. The van der Waals surface area contributed by atoms with E-state index in [0.717, 1.165) is 26.2 Å². The standard InChI is InChI=1S/C10H19F2N3/c1-14-5-3-13-9(6-14)7-15-4-2-10(11,12)8-15/h9,13H,2-8H2,1H3. The third-order valence-electron chi connectivity index (χ3n) is 3.19. The Bertz CT molecular complexity index is 223. The Balaban J connectivity index is 1.77. The van der Waals surface area contributed by atoms with Crippen molar-refractivity contribution in [2.45, 2.75) is 18.4 Å². The van der Waals surface area contributed by atoms with Crippen LogP contribution >= 0.6 is 0 Å². The topological polar surface area (TPSA) is 18.5 Å². The van der Waals surface area contributed by atoms with Crippen LogP contribution in [0.5, 0.6) is 0 Å². The van der Waals surface area contributed by atoms with Gasteiger partial charge in [0.05, 0.1) is 6.54 Å². The zero-order chi connectivity index (χ0) is 10.9. The van der Waals surface area contributed by atoms with Gasteiger partial charge in [0.1, 0.15) is 0 Å². The van der Waals surface area contributed by atoms with Crippen LogP contribution in [0.4, 0.5) is 8.78 Å². The molecule has 2 aliphatic rings. The molecule has 2 fully saturated rings. The highest BCUT2D eigenvalue weighted by Crippen LogP contribution is 2.26. The van der Waals surface area contributed by atoms with Gasteiger partial charge in [-0.3, -0.25) is 4.90 Å². The summed E-state index contributed by atoms with van der Waals surface area (Å²) in [6.45, 7) is 4.20. The highest BCUT2D eigenvalue weighted by atomic mass is 19.3. The van der Waals surface area contributed by atoms with Crippen LogP contribution in [-0.2, 0) is 0 Å². The van der Waals surface area contributed by atoms with Crippen LogP contribution in [0.1, 0.15) is 6.42 Å². The summed E-state index contributed by atoms with van der Waals surface area (Å²) in [5.41, 5.74) is 0. The maximum absolute atomic E-state index is 13.0. The molecule has 88 valence electrons. The summed E-state index contributed by atoms with van der Waals surface area (Å²) in [7, 11) is 2.08. The van der Waals surface area contributed by atoms with Crippen molar-refractivity contribution < 1.29 is 8.78 Å². The van der Waals surface area contributed by atoms with Gasteiger partial charge in [0.15, 0.2) is 0 Å². The number of alkyl halides is 2. The van der Waals surface area contributed by atoms with Crippen LogP contribution in [0.25, 0.3) is 0 Å². The molecule has 0 radical (unpaired) electrons. The van der Waals surface area contributed by atoms with E-state index < -0.39 is 5.92 Å². The van der Waals surface area contributed by atoms with Gasteiger partial charge < -0.3 is 10.2 Å². The molecule has 15 heavy (non-hydrogen) atoms. The summed E-state index contributed by atoms with van der Waals surface area (Å²) in [6, 6.07) is 0.345. The van der Waals surface area contributed by atoms with E-state index in [2.05, 4.69) is 17.3 Å². The number of hydrogen-bond acceptors (Lipinski definition) is 3. The average Bonchev–Trinajstić information content (AvgIpc) is 2.45. The molecule has 2 rings (SSSR count). The summed E-state index contributed by atoms with van der Waals surface area (Å²) in [5, 5.41) is 3.38. The number of nitrogens with zero attached hydrogens (tertiary/aromatic N) is 2. The lowest BCUT2D eigenvalue weighted by molar-refractivity contribution is 0.0108. The van der Waals surface area contributed by atoms with Gasteiger partial charge >= 0.3 is 0 Å². The SMILES string of the molecule is CN1CCNC(CN2CCC(F)(F)C2)C1. The molecular formula is C10H19F2N3. The fraction of sp³-hybridized carbons (Fsp3) is 1.00. The summed E-state index contributed by atoms with van der Waals surface area (Å²) >= 11 is 0. The molecule has 1 unspecified atom stereocenters. The van der Waals surface area contributed by atoms with Crippen LogP contribution in [0.3, 0.4) is 0 Å². The van der Waals surface area contributed by atoms with Crippen LogP contribution in [0, 0.1) is 0 Å². The van der Waals surface area contributed by atoms with Crippen LogP contribution in [-0.4, -0.2) is 68.1 Å². The first-order chi connectivity index (χ1) is 7.05. The molecule has 0 aliphatic carbocycles. The van der Waals surface area contributed by atoms with Crippen molar-refractivity contribution in [3.05, 3.63) is 0 Å². The minimum atomic E-state index is -2.46. The molecule has 0 amide bonds. The molecule has 1 N–H and O–H groups in total. The molecule has 0 aromatic carbocycles. The summed E-state index contributed by atoms with van der Waals surface area (Å²) in [6.07, 6.45) is 0.0234. The van der Waals surface area contributed by atoms with Gasteiger partial charge in [-0.05, 0) is 7.05 Å². The highest BCUT2D eigenvalue weighted by molar-refractivity contribution is 4.86. The molecule has 3 nitrogen and oxygen atoms in total. The van der Waals surface area contributed by atoms with Crippen molar-refractivity contribution in [3.8, 4) is 0 Å². The maximum Gasteiger partial charge on any atom is 0.261 e. The summed E-state index contributed by atoms with van der Waals surface area (Å²) in [5.74, 6) is -2.46. The first kappa shape index (κ1) is 11.2. The molecule has 5 heteroatoms. The highest BCUT2D eigenvalue weighted by Gasteiger charge is 2.38. The number of hydrogen-bond donors (Lipinski definition) is 1. The van der Waals surface area contributed by atoms with E-state index in [4.69, 9.17) is 0 Å². The van der Waals surface area contributed by atoms with E-state index in [1.54, 1.807) is 0 Å². The van der Waals surface area contributed by atoms with Gasteiger partial charge in [0, 0.05) is 45.2 Å². The van der Waals surface area contributed by atoms with E-state index >= 15 is 0 Å². The van der Waals surface area contributed by atoms with Gasteiger partial charge in [-0.25, -0.2) is 8.78 Å². The first-order valence-corrected chi connectivity index (χ1v) is 5.57. The fourth-order valence-electron chi connectivity index (χ4n) is 2.39. The van der Waals surface area contributed by atoms with Crippen LogP contribution in [0.2, 0.25) is 0 Å². The van der Waals surface area contributed by atoms with Gasteiger partial charge in [-0.2, -0.15) is 0 Å². The predicted octanol–water partition coefficient (Wildman–Crippen LogP) is 0.231. The van der Waals surface area contributed by atoms with Gasteiger partial charge in [0.25, 0.3) is 5.92 Å². The quantitative estimate of drug-likeness (QED) is 0.717. The summed E-state index contributed by atoms with van der Waals surface area (Å²) < 4.78 is 25.9. The molecule has 0 saturated carbocycles. The second-order valence-corrected chi connectivity index (χ2v) is 4.75. The molecule has 2 aliphatic heterocycles. The Labute approximate surface area is 89.4 Å². The van der Waals surface area contributed by atoms with E-state index in [9.17, 15) is 8.78 Å². The van der Waals surface area contributed by atoms with Gasteiger partial charge in [-0.15, -0.1) is 0 Å².